The van der Waals surface area contributed by atoms with Gasteiger partial charge in [0.25, 0.3) is 5.91 Å². The van der Waals surface area contributed by atoms with E-state index in [2.05, 4.69) is 28.9 Å². The highest BCUT2D eigenvalue weighted by molar-refractivity contribution is 5.93. The molecule has 0 unspecified atom stereocenters. The first-order valence-electron chi connectivity index (χ1n) is 10.2. The van der Waals surface area contributed by atoms with Gasteiger partial charge in [-0.1, -0.05) is 37.1 Å². The van der Waals surface area contributed by atoms with Gasteiger partial charge in [-0.25, -0.2) is 4.39 Å². The Morgan fingerprint density at radius 2 is 2.00 bits per heavy atom. The van der Waals surface area contributed by atoms with Crippen molar-refractivity contribution in [3.05, 3.63) is 41.9 Å². The summed E-state index contributed by atoms with van der Waals surface area (Å²) in [6.07, 6.45) is 5.66. The van der Waals surface area contributed by atoms with Crippen LogP contribution in [-0.4, -0.2) is 52.6 Å². The Morgan fingerprint density at radius 1 is 1.25 bits per heavy atom. The number of halogens is 1. The number of benzene rings is 1. The first-order valence-corrected chi connectivity index (χ1v) is 10.2. The number of amides is 1. The second kappa shape index (κ2) is 6.41. The molecule has 2 aliphatic heterocycles. The lowest BCUT2D eigenvalue weighted by atomic mass is 9.71. The lowest BCUT2D eigenvalue weighted by Gasteiger charge is -2.44. The zero-order valence-electron chi connectivity index (χ0n) is 16.4. The Labute approximate surface area is 164 Å². The van der Waals surface area contributed by atoms with Crippen LogP contribution in [0.5, 0.6) is 0 Å². The van der Waals surface area contributed by atoms with Crippen LogP contribution < -0.4 is 0 Å². The minimum atomic E-state index is -0.368. The molecule has 6 heteroatoms. The number of aromatic nitrogens is 1. The van der Waals surface area contributed by atoms with Crippen LogP contribution in [0.15, 0.2) is 34.9 Å². The Bertz CT molecular complexity index is 913. The van der Waals surface area contributed by atoms with Gasteiger partial charge in [-0.2, -0.15) is 0 Å². The number of nitrogens with zero attached hydrogens (tertiary/aromatic N) is 3. The summed E-state index contributed by atoms with van der Waals surface area (Å²) in [7, 11) is 2.19. The maximum Gasteiger partial charge on any atom is 0.293 e. The van der Waals surface area contributed by atoms with Gasteiger partial charge in [0.1, 0.15) is 11.5 Å². The largest absolute Gasteiger partial charge is 0.350 e. The van der Waals surface area contributed by atoms with Gasteiger partial charge in [0.15, 0.2) is 0 Å². The number of likely N-dealkylation sites (tertiary alicyclic amines) is 2. The molecular formula is C22H26FN3O2. The van der Waals surface area contributed by atoms with E-state index in [1.165, 1.54) is 18.9 Å². The highest BCUT2D eigenvalue weighted by Crippen LogP contribution is 2.53. The van der Waals surface area contributed by atoms with Gasteiger partial charge in [-0.3, -0.25) is 4.79 Å². The van der Waals surface area contributed by atoms with E-state index in [-0.39, 0.29) is 35.0 Å². The van der Waals surface area contributed by atoms with E-state index in [9.17, 15) is 9.18 Å². The van der Waals surface area contributed by atoms with Gasteiger partial charge < -0.3 is 14.3 Å². The lowest BCUT2D eigenvalue weighted by molar-refractivity contribution is 0.0565. The van der Waals surface area contributed by atoms with Crippen molar-refractivity contribution >= 4 is 5.91 Å². The molecule has 148 valence electrons. The van der Waals surface area contributed by atoms with Gasteiger partial charge in [0, 0.05) is 41.7 Å². The van der Waals surface area contributed by atoms with E-state index in [1.807, 2.05) is 0 Å². The minimum Gasteiger partial charge on any atom is -0.350 e. The molecule has 1 aromatic carbocycles. The molecule has 1 aromatic heterocycles. The Morgan fingerprint density at radius 3 is 2.79 bits per heavy atom. The van der Waals surface area contributed by atoms with Gasteiger partial charge in [0.05, 0.1) is 0 Å². The first-order chi connectivity index (χ1) is 13.5. The summed E-state index contributed by atoms with van der Waals surface area (Å²) < 4.78 is 19.5. The Balaban J connectivity index is 1.48. The van der Waals surface area contributed by atoms with E-state index in [1.54, 1.807) is 24.3 Å². The third-order valence-electron chi connectivity index (χ3n) is 7.27. The van der Waals surface area contributed by atoms with E-state index in [0.29, 0.717) is 17.3 Å². The number of likely N-dealkylation sites (N-methyl/N-ethyl adjacent to an activating group) is 1. The van der Waals surface area contributed by atoms with Crippen molar-refractivity contribution in [2.45, 2.75) is 57.2 Å². The van der Waals surface area contributed by atoms with E-state index < -0.39 is 0 Å². The third-order valence-corrected chi connectivity index (χ3v) is 7.27. The number of hydrogen-bond donors (Lipinski definition) is 0. The number of carbonyl (C=O) groups excluding carboxylic acids is 1. The zero-order valence-corrected chi connectivity index (χ0v) is 16.4. The molecule has 28 heavy (non-hydrogen) atoms. The molecule has 2 aromatic rings. The zero-order chi connectivity index (χ0) is 19.5. The van der Waals surface area contributed by atoms with Gasteiger partial charge in [0.2, 0.25) is 5.76 Å². The molecule has 1 amide bonds. The van der Waals surface area contributed by atoms with Crippen LogP contribution in [0.2, 0.25) is 0 Å². The molecule has 0 N–H and O–H groups in total. The van der Waals surface area contributed by atoms with Crippen LogP contribution in [-0.2, 0) is 0 Å². The fourth-order valence-corrected chi connectivity index (χ4v) is 6.09. The predicted octanol–water partition coefficient (Wildman–Crippen LogP) is 3.96. The number of piperidine rings is 1. The van der Waals surface area contributed by atoms with Crippen molar-refractivity contribution in [1.82, 2.24) is 15.0 Å². The topological polar surface area (TPSA) is 49.6 Å². The average Bonchev–Trinajstić information content (AvgIpc) is 3.19. The van der Waals surface area contributed by atoms with Crippen LogP contribution >= 0.6 is 0 Å². The molecule has 0 spiro atoms. The van der Waals surface area contributed by atoms with Crippen LogP contribution in [0.25, 0.3) is 11.3 Å². The fourth-order valence-electron chi connectivity index (χ4n) is 6.09. The molecule has 2 bridgehead atoms. The van der Waals surface area contributed by atoms with Crippen molar-refractivity contribution < 1.29 is 13.7 Å². The SMILES string of the molecule is CN1C[C@@H]2C[C@@]3(C)[C@H](CCCC[C@@H]13)N2C(=O)c1cc(-c2ccccc2F)no1. The van der Waals surface area contributed by atoms with Crippen molar-refractivity contribution in [2.24, 2.45) is 5.41 Å². The molecule has 1 saturated carbocycles. The van der Waals surface area contributed by atoms with Crippen molar-refractivity contribution in [1.29, 1.82) is 0 Å². The van der Waals surface area contributed by atoms with Gasteiger partial charge >= 0.3 is 0 Å². The monoisotopic (exact) mass is 383 g/mol. The first kappa shape index (κ1) is 17.9. The lowest BCUT2D eigenvalue weighted by Crippen LogP contribution is -2.51. The minimum absolute atomic E-state index is 0.107. The second-order valence-electron chi connectivity index (χ2n) is 8.89. The Kier molecular flexibility index (Phi) is 4.09. The summed E-state index contributed by atoms with van der Waals surface area (Å²) in [6.45, 7) is 3.26. The van der Waals surface area contributed by atoms with Crippen LogP contribution in [0.1, 0.15) is 49.6 Å². The van der Waals surface area contributed by atoms with Crippen molar-refractivity contribution in [3.8, 4) is 11.3 Å². The fraction of sp³-hybridized carbons (Fsp3) is 0.545. The summed E-state index contributed by atoms with van der Waals surface area (Å²) in [5.74, 6) is -0.268. The average molecular weight is 383 g/mol. The summed E-state index contributed by atoms with van der Waals surface area (Å²) in [4.78, 5) is 18.0. The van der Waals surface area contributed by atoms with Crippen LogP contribution in [0.3, 0.4) is 0 Å². The summed E-state index contributed by atoms with van der Waals surface area (Å²) in [5, 5.41) is 3.98. The number of rotatable bonds is 2. The van der Waals surface area contributed by atoms with E-state index >= 15 is 0 Å². The summed E-state index contributed by atoms with van der Waals surface area (Å²) in [6, 6.07) is 8.96. The molecular weight excluding hydrogens is 357 g/mol. The predicted molar refractivity (Wildman–Crippen MR) is 103 cm³/mol. The molecule has 1 aliphatic carbocycles. The van der Waals surface area contributed by atoms with Crippen molar-refractivity contribution in [3.63, 3.8) is 0 Å². The molecule has 3 heterocycles. The number of fused-ring (bicyclic) bond motifs is 1. The normalized spacial score (nSPS) is 32.4. The molecule has 2 saturated heterocycles. The smallest absolute Gasteiger partial charge is 0.293 e. The maximum atomic E-state index is 14.1. The molecule has 4 atom stereocenters. The molecule has 0 radical (unpaired) electrons. The van der Waals surface area contributed by atoms with Crippen molar-refractivity contribution in [2.75, 3.05) is 13.6 Å². The van der Waals surface area contributed by atoms with Gasteiger partial charge in [-0.05, 0) is 38.4 Å². The molecule has 5 rings (SSSR count). The molecule has 3 fully saturated rings. The van der Waals surface area contributed by atoms with Crippen LogP contribution in [0.4, 0.5) is 4.39 Å². The summed E-state index contributed by atoms with van der Waals surface area (Å²) >= 11 is 0. The molecule has 5 nitrogen and oxygen atoms in total. The van der Waals surface area contributed by atoms with Crippen LogP contribution in [0, 0.1) is 11.2 Å². The second-order valence-corrected chi connectivity index (χ2v) is 8.89. The highest BCUT2D eigenvalue weighted by atomic mass is 19.1. The maximum absolute atomic E-state index is 14.1. The third kappa shape index (κ3) is 2.54. The quantitative estimate of drug-likeness (QED) is 0.788. The highest BCUT2D eigenvalue weighted by Gasteiger charge is 2.59. The van der Waals surface area contributed by atoms with E-state index in [0.717, 1.165) is 25.8 Å². The summed E-state index contributed by atoms with van der Waals surface area (Å²) in [5.41, 5.74) is 0.843. The number of carbonyl (C=O) groups is 1. The molecule has 3 aliphatic rings. The standard InChI is InChI=1S/C22H26FN3O2/c1-22-12-14-13-25(2)19(22)9-5-6-10-20(22)26(14)21(27)18-11-17(24-28-18)15-7-3-4-8-16(15)23/h3-4,7-8,11,14,19-20H,5-6,9-10,12-13H2,1-2H3/t14-,19+,20-,22+/m0/s1. The Hall–Kier alpha value is -2.21. The number of hydrogen-bond acceptors (Lipinski definition) is 4. The van der Waals surface area contributed by atoms with E-state index in [4.69, 9.17) is 4.52 Å². The van der Waals surface area contributed by atoms with Gasteiger partial charge in [-0.15, -0.1) is 0 Å².